The van der Waals surface area contributed by atoms with E-state index in [-0.39, 0.29) is 0 Å². The largest absolute Gasteiger partial charge is 0.0654 e. The average molecular weight is 487 g/mol. The van der Waals surface area contributed by atoms with Gasteiger partial charge >= 0.3 is 0 Å². The standard InChI is InChI=1S/C28H52.C7H14/c1-5-9-11-14-24-17-18-27(28(24)23-15-12-10-13-16-23)25-19-21(6-2)26(8-4)22(7-3)20-25;1-7-5-3-2-4-6-7/h21-28H,5-20H2,1-4H3;7H,2-6H2,1H3. The zero-order chi connectivity index (χ0) is 25.0. The third-order valence-electron chi connectivity index (χ3n) is 11.7. The first-order chi connectivity index (χ1) is 17.1. The van der Waals surface area contributed by atoms with Crippen LogP contribution in [0, 0.1) is 53.3 Å². The molecule has 4 fully saturated rings. The van der Waals surface area contributed by atoms with E-state index in [9.17, 15) is 0 Å². The summed E-state index contributed by atoms with van der Waals surface area (Å²) in [7, 11) is 0. The molecule has 206 valence electrons. The third kappa shape index (κ3) is 8.50. The first kappa shape index (κ1) is 29.6. The summed E-state index contributed by atoms with van der Waals surface area (Å²) in [5, 5.41) is 0. The quantitative estimate of drug-likeness (QED) is 0.284. The van der Waals surface area contributed by atoms with Gasteiger partial charge in [0.1, 0.15) is 0 Å². The van der Waals surface area contributed by atoms with E-state index in [1.54, 1.807) is 44.9 Å². The lowest BCUT2D eigenvalue weighted by Gasteiger charge is -2.46. The van der Waals surface area contributed by atoms with E-state index in [4.69, 9.17) is 0 Å². The molecule has 35 heavy (non-hydrogen) atoms. The minimum atomic E-state index is 1.03. The summed E-state index contributed by atoms with van der Waals surface area (Å²) >= 11 is 0. The van der Waals surface area contributed by atoms with Crippen molar-refractivity contribution in [3.63, 3.8) is 0 Å². The van der Waals surface area contributed by atoms with Crippen LogP contribution in [-0.2, 0) is 0 Å². The predicted molar refractivity (Wildman–Crippen MR) is 157 cm³/mol. The second kappa shape index (κ2) is 16.1. The minimum absolute atomic E-state index is 1.03. The van der Waals surface area contributed by atoms with Gasteiger partial charge in [-0.3, -0.25) is 0 Å². The maximum atomic E-state index is 2.49. The summed E-state index contributed by atoms with van der Waals surface area (Å²) in [6, 6.07) is 0. The van der Waals surface area contributed by atoms with E-state index in [1.165, 1.54) is 89.9 Å². The molecule has 0 heteroatoms. The molecule has 4 aliphatic carbocycles. The predicted octanol–water partition coefficient (Wildman–Crippen LogP) is 11.9. The fourth-order valence-electron chi connectivity index (χ4n) is 9.81. The molecule has 0 aromatic rings. The Bertz CT molecular complexity index is 510. The Balaban J connectivity index is 0.000000420. The fourth-order valence-corrected chi connectivity index (χ4v) is 9.81. The molecule has 0 radical (unpaired) electrons. The second-order valence-electron chi connectivity index (χ2n) is 13.9. The Hall–Kier alpha value is 0. The van der Waals surface area contributed by atoms with Crippen LogP contribution in [0.2, 0.25) is 0 Å². The summed E-state index contributed by atoms with van der Waals surface area (Å²) < 4.78 is 0. The van der Waals surface area contributed by atoms with Gasteiger partial charge < -0.3 is 0 Å². The zero-order valence-electron chi connectivity index (χ0n) is 25.0. The molecular formula is C35H66. The Morgan fingerprint density at radius 2 is 1.14 bits per heavy atom. The summed E-state index contributed by atoms with van der Waals surface area (Å²) in [5.41, 5.74) is 0. The monoisotopic (exact) mass is 487 g/mol. The van der Waals surface area contributed by atoms with Gasteiger partial charge in [0.15, 0.2) is 0 Å². The van der Waals surface area contributed by atoms with Gasteiger partial charge in [0.25, 0.3) is 0 Å². The van der Waals surface area contributed by atoms with Crippen molar-refractivity contribution in [2.75, 3.05) is 0 Å². The van der Waals surface area contributed by atoms with E-state index in [0.717, 1.165) is 53.3 Å². The molecule has 0 nitrogen and oxygen atoms in total. The van der Waals surface area contributed by atoms with Crippen LogP contribution in [-0.4, -0.2) is 0 Å². The zero-order valence-corrected chi connectivity index (χ0v) is 25.0. The second-order valence-corrected chi connectivity index (χ2v) is 13.9. The Morgan fingerprint density at radius 1 is 0.543 bits per heavy atom. The van der Waals surface area contributed by atoms with Crippen molar-refractivity contribution in [1.29, 1.82) is 0 Å². The van der Waals surface area contributed by atoms with Crippen molar-refractivity contribution < 1.29 is 0 Å². The molecule has 4 saturated carbocycles. The van der Waals surface area contributed by atoms with Crippen molar-refractivity contribution in [3.05, 3.63) is 0 Å². The Labute approximate surface area is 222 Å². The first-order valence-electron chi connectivity index (χ1n) is 17.1. The van der Waals surface area contributed by atoms with Crippen LogP contribution in [0.4, 0.5) is 0 Å². The molecule has 0 aromatic carbocycles. The van der Waals surface area contributed by atoms with Crippen molar-refractivity contribution in [2.24, 2.45) is 53.3 Å². The van der Waals surface area contributed by atoms with Gasteiger partial charge in [-0.25, -0.2) is 0 Å². The lowest BCUT2D eigenvalue weighted by atomic mass is 9.59. The lowest BCUT2D eigenvalue weighted by Crippen LogP contribution is -2.38. The maximum Gasteiger partial charge on any atom is -0.0326 e. The van der Waals surface area contributed by atoms with Crippen LogP contribution < -0.4 is 0 Å². The van der Waals surface area contributed by atoms with Gasteiger partial charge in [0.2, 0.25) is 0 Å². The summed E-state index contributed by atoms with van der Waals surface area (Å²) in [4.78, 5) is 0. The summed E-state index contributed by atoms with van der Waals surface area (Å²) in [6.45, 7) is 12.2. The molecule has 0 saturated heterocycles. The van der Waals surface area contributed by atoms with E-state index < -0.39 is 0 Å². The van der Waals surface area contributed by atoms with Crippen LogP contribution in [0.25, 0.3) is 0 Å². The molecule has 0 aromatic heterocycles. The van der Waals surface area contributed by atoms with E-state index >= 15 is 0 Å². The number of unbranched alkanes of at least 4 members (excludes halogenated alkanes) is 2. The highest BCUT2D eigenvalue weighted by molar-refractivity contribution is 4.96. The lowest BCUT2D eigenvalue weighted by molar-refractivity contribution is 0.0314. The Kier molecular flexibility index (Phi) is 13.6. The van der Waals surface area contributed by atoms with Gasteiger partial charge in [0, 0.05) is 0 Å². The molecule has 0 heterocycles. The number of rotatable bonds is 9. The van der Waals surface area contributed by atoms with E-state index in [0.29, 0.717) is 0 Å². The van der Waals surface area contributed by atoms with Gasteiger partial charge in [-0.1, -0.05) is 144 Å². The molecular weight excluding hydrogens is 420 g/mol. The maximum absolute atomic E-state index is 2.49. The number of hydrogen-bond donors (Lipinski definition) is 0. The van der Waals surface area contributed by atoms with Gasteiger partial charge in [-0.2, -0.15) is 0 Å². The van der Waals surface area contributed by atoms with Crippen molar-refractivity contribution in [2.45, 2.75) is 169 Å². The van der Waals surface area contributed by atoms with Crippen LogP contribution in [0.5, 0.6) is 0 Å². The summed E-state index contributed by atoms with van der Waals surface area (Å²) in [6.07, 6.45) is 31.7. The van der Waals surface area contributed by atoms with Crippen LogP contribution in [0.1, 0.15) is 169 Å². The van der Waals surface area contributed by atoms with Crippen molar-refractivity contribution >= 4 is 0 Å². The van der Waals surface area contributed by atoms with Crippen molar-refractivity contribution in [1.82, 2.24) is 0 Å². The van der Waals surface area contributed by atoms with Crippen molar-refractivity contribution in [3.8, 4) is 0 Å². The molecule has 5 unspecified atom stereocenters. The highest BCUT2D eigenvalue weighted by Crippen LogP contribution is 2.56. The van der Waals surface area contributed by atoms with E-state index in [1.807, 2.05) is 0 Å². The van der Waals surface area contributed by atoms with Gasteiger partial charge in [0.05, 0.1) is 0 Å². The Morgan fingerprint density at radius 3 is 1.63 bits per heavy atom. The van der Waals surface area contributed by atoms with E-state index in [2.05, 4.69) is 34.6 Å². The normalized spacial score (nSPS) is 37.1. The summed E-state index contributed by atoms with van der Waals surface area (Å²) in [5.74, 6) is 9.57. The highest BCUT2D eigenvalue weighted by atomic mass is 14.5. The number of hydrogen-bond acceptors (Lipinski definition) is 0. The highest BCUT2D eigenvalue weighted by Gasteiger charge is 2.47. The topological polar surface area (TPSA) is 0 Å². The van der Waals surface area contributed by atoms with Crippen LogP contribution in [0.15, 0.2) is 0 Å². The molecule has 0 spiro atoms. The van der Waals surface area contributed by atoms with Crippen LogP contribution >= 0.6 is 0 Å². The van der Waals surface area contributed by atoms with Gasteiger partial charge in [-0.15, -0.1) is 0 Å². The van der Waals surface area contributed by atoms with Gasteiger partial charge in [-0.05, 0) is 78.9 Å². The molecule has 0 aliphatic heterocycles. The molecule has 4 aliphatic rings. The van der Waals surface area contributed by atoms with Crippen LogP contribution in [0.3, 0.4) is 0 Å². The minimum Gasteiger partial charge on any atom is -0.0654 e. The third-order valence-corrected chi connectivity index (χ3v) is 11.7. The smallest absolute Gasteiger partial charge is 0.0326 e. The fraction of sp³-hybridized carbons (Fsp3) is 1.00. The first-order valence-corrected chi connectivity index (χ1v) is 17.1. The SMILES string of the molecule is CC1CCCCC1.CCCCCC1CCC(C2CC(CC)C(CC)C(CC)C2)C1C1CCCCC1. The molecule has 0 amide bonds. The molecule has 0 N–H and O–H groups in total. The average Bonchev–Trinajstić information content (AvgIpc) is 3.33. The molecule has 0 bridgehead atoms. The molecule has 4 rings (SSSR count). The molecule has 5 atom stereocenters.